The Morgan fingerprint density at radius 3 is 2.87 bits per heavy atom. The standard InChI is InChI=1S/C20H21N7O3/c1-14-4-3-9-25(12-14)18-8-7-15(10-19(18)27(29)30)20(28)22-16-5-2-6-17(11-16)26-13-21-23-24-26/h2,5-8,10-11,13-14H,3-4,9,12H2,1H3,(H,22,28). The average molecular weight is 407 g/mol. The number of carbonyl (C=O) groups excluding carboxylic acids is 1. The Bertz CT molecular complexity index is 1070. The molecule has 1 aliphatic heterocycles. The number of tetrazole rings is 1. The molecule has 0 aliphatic carbocycles. The quantitative estimate of drug-likeness (QED) is 0.510. The molecule has 1 amide bonds. The predicted octanol–water partition coefficient (Wildman–Crippen LogP) is 3.06. The molecule has 1 N–H and O–H groups in total. The lowest BCUT2D eigenvalue weighted by Gasteiger charge is -2.32. The van der Waals surface area contributed by atoms with Gasteiger partial charge in [-0.25, -0.2) is 4.68 Å². The Morgan fingerprint density at radius 2 is 2.13 bits per heavy atom. The first-order chi connectivity index (χ1) is 14.5. The van der Waals surface area contributed by atoms with Gasteiger partial charge in [-0.15, -0.1) is 5.10 Å². The van der Waals surface area contributed by atoms with Crippen LogP contribution in [0.25, 0.3) is 5.69 Å². The fourth-order valence-electron chi connectivity index (χ4n) is 3.70. The number of nitrogens with zero attached hydrogens (tertiary/aromatic N) is 6. The largest absolute Gasteiger partial charge is 0.366 e. The number of rotatable bonds is 5. The van der Waals surface area contributed by atoms with Crippen molar-refractivity contribution in [2.24, 2.45) is 5.92 Å². The van der Waals surface area contributed by atoms with Crippen LogP contribution in [0.2, 0.25) is 0 Å². The molecule has 2 aromatic carbocycles. The highest BCUT2D eigenvalue weighted by Crippen LogP contribution is 2.32. The van der Waals surface area contributed by atoms with E-state index in [1.165, 1.54) is 17.1 Å². The molecule has 30 heavy (non-hydrogen) atoms. The summed E-state index contributed by atoms with van der Waals surface area (Å²) in [4.78, 5) is 26.0. The molecule has 2 heterocycles. The lowest BCUT2D eigenvalue weighted by molar-refractivity contribution is -0.384. The number of aromatic nitrogens is 4. The maximum absolute atomic E-state index is 12.7. The van der Waals surface area contributed by atoms with E-state index >= 15 is 0 Å². The van der Waals surface area contributed by atoms with Gasteiger partial charge in [0.25, 0.3) is 11.6 Å². The van der Waals surface area contributed by atoms with Crippen molar-refractivity contribution in [3.05, 3.63) is 64.5 Å². The van der Waals surface area contributed by atoms with Crippen molar-refractivity contribution in [2.75, 3.05) is 23.3 Å². The van der Waals surface area contributed by atoms with Crippen molar-refractivity contribution in [3.63, 3.8) is 0 Å². The lowest BCUT2D eigenvalue weighted by Crippen LogP contribution is -2.34. The zero-order valence-electron chi connectivity index (χ0n) is 16.4. The first kappa shape index (κ1) is 19.5. The molecule has 154 valence electrons. The summed E-state index contributed by atoms with van der Waals surface area (Å²) in [6.45, 7) is 3.69. The van der Waals surface area contributed by atoms with Crippen LogP contribution in [0.15, 0.2) is 48.8 Å². The van der Waals surface area contributed by atoms with Crippen LogP contribution < -0.4 is 10.2 Å². The second-order valence-electron chi connectivity index (χ2n) is 7.41. The predicted molar refractivity (Wildman–Crippen MR) is 111 cm³/mol. The van der Waals surface area contributed by atoms with Gasteiger partial charge in [-0.2, -0.15) is 0 Å². The van der Waals surface area contributed by atoms with Gasteiger partial charge in [-0.3, -0.25) is 14.9 Å². The number of benzene rings is 2. The van der Waals surface area contributed by atoms with Crippen molar-refractivity contribution in [1.29, 1.82) is 0 Å². The molecule has 1 aliphatic rings. The number of nitro benzene ring substituents is 1. The van der Waals surface area contributed by atoms with Gasteiger partial charge in [0.15, 0.2) is 0 Å². The second kappa shape index (κ2) is 8.27. The van der Waals surface area contributed by atoms with Crippen molar-refractivity contribution in [2.45, 2.75) is 19.8 Å². The number of nitro groups is 1. The molecule has 1 saturated heterocycles. The zero-order valence-corrected chi connectivity index (χ0v) is 16.4. The molecular formula is C20H21N7O3. The number of piperidine rings is 1. The van der Waals surface area contributed by atoms with E-state index in [2.05, 4.69) is 27.8 Å². The lowest BCUT2D eigenvalue weighted by atomic mass is 9.99. The Balaban J connectivity index is 1.56. The van der Waals surface area contributed by atoms with Gasteiger partial charge in [0.2, 0.25) is 0 Å². The Labute approximate surface area is 172 Å². The molecule has 10 nitrogen and oxygen atoms in total. The first-order valence-electron chi connectivity index (χ1n) is 9.69. The fourth-order valence-corrected chi connectivity index (χ4v) is 3.70. The van der Waals surface area contributed by atoms with Crippen LogP contribution in [0.4, 0.5) is 17.1 Å². The van der Waals surface area contributed by atoms with Gasteiger partial charge in [0, 0.05) is 30.4 Å². The molecule has 0 radical (unpaired) electrons. The van der Waals surface area contributed by atoms with Crippen LogP contribution in [-0.4, -0.2) is 44.1 Å². The highest BCUT2D eigenvalue weighted by molar-refractivity contribution is 6.05. The van der Waals surface area contributed by atoms with E-state index in [1.54, 1.807) is 36.4 Å². The molecule has 1 fully saturated rings. The van der Waals surface area contributed by atoms with E-state index in [0.29, 0.717) is 23.0 Å². The van der Waals surface area contributed by atoms with Crippen molar-refractivity contribution < 1.29 is 9.72 Å². The number of hydrogen-bond donors (Lipinski definition) is 1. The number of anilines is 2. The number of hydrogen-bond acceptors (Lipinski definition) is 7. The maximum Gasteiger partial charge on any atom is 0.293 e. The SMILES string of the molecule is CC1CCCN(c2ccc(C(=O)Nc3cccc(-n4cnnn4)c3)cc2[N+](=O)[O-])C1. The van der Waals surface area contributed by atoms with Crippen LogP contribution in [0.1, 0.15) is 30.1 Å². The summed E-state index contributed by atoms with van der Waals surface area (Å²) in [5, 5.41) is 25.5. The normalized spacial score (nSPS) is 16.3. The van der Waals surface area contributed by atoms with Crippen LogP contribution in [-0.2, 0) is 0 Å². The summed E-state index contributed by atoms with van der Waals surface area (Å²) >= 11 is 0. The minimum Gasteiger partial charge on any atom is -0.366 e. The van der Waals surface area contributed by atoms with E-state index in [0.717, 1.165) is 25.9 Å². The van der Waals surface area contributed by atoms with Gasteiger partial charge in [0.05, 0.1) is 10.6 Å². The third-order valence-electron chi connectivity index (χ3n) is 5.15. The molecule has 0 saturated carbocycles. The van der Waals surface area contributed by atoms with Crippen LogP contribution in [0, 0.1) is 16.0 Å². The maximum atomic E-state index is 12.7. The van der Waals surface area contributed by atoms with Crippen molar-refractivity contribution in [3.8, 4) is 5.69 Å². The summed E-state index contributed by atoms with van der Waals surface area (Å²) in [6, 6.07) is 11.6. The summed E-state index contributed by atoms with van der Waals surface area (Å²) in [5.74, 6) is 0.0549. The smallest absolute Gasteiger partial charge is 0.293 e. The Hall–Kier alpha value is -3.82. The molecule has 10 heteroatoms. The Kier molecular flexibility index (Phi) is 5.38. The van der Waals surface area contributed by atoms with E-state index in [-0.39, 0.29) is 11.3 Å². The van der Waals surface area contributed by atoms with Crippen LogP contribution >= 0.6 is 0 Å². The number of carbonyl (C=O) groups is 1. The van der Waals surface area contributed by atoms with Crippen LogP contribution in [0.5, 0.6) is 0 Å². The van der Waals surface area contributed by atoms with E-state index < -0.39 is 10.8 Å². The minimum absolute atomic E-state index is 0.0563. The third kappa shape index (κ3) is 4.12. The number of nitrogens with one attached hydrogen (secondary N) is 1. The van der Waals surface area contributed by atoms with Gasteiger partial charge >= 0.3 is 0 Å². The molecular weight excluding hydrogens is 386 g/mol. The van der Waals surface area contributed by atoms with Gasteiger partial charge in [0.1, 0.15) is 12.0 Å². The highest BCUT2D eigenvalue weighted by atomic mass is 16.6. The summed E-state index contributed by atoms with van der Waals surface area (Å²) in [5.41, 5.74) is 1.94. The van der Waals surface area contributed by atoms with E-state index in [1.807, 2.05) is 4.90 Å². The second-order valence-corrected chi connectivity index (χ2v) is 7.41. The minimum atomic E-state index is -0.427. The highest BCUT2D eigenvalue weighted by Gasteiger charge is 2.25. The third-order valence-corrected chi connectivity index (χ3v) is 5.15. The average Bonchev–Trinajstić information content (AvgIpc) is 3.28. The Morgan fingerprint density at radius 1 is 1.27 bits per heavy atom. The monoisotopic (exact) mass is 407 g/mol. The molecule has 4 rings (SSSR count). The summed E-state index contributed by atoms with van der Waals surface area (Å²) in [7, 11) is 0. The molecule has 1 atom stereocenters. The van der Waals surface area contributed by atoms with Gasteiger partial charge < -0.3 is 10.2 Å². The van der Waals surface area contributed by atoms with E-state index in [4.69, 9.17) is 0 Å². The molecule has 3 aromatic rings. The topological polar surface area (TPSA) is 119 Å². The van der Waals surface area contributed by atoms with Crippen molar-refractivity contribution >= 4 is 23.0 Å². The van der Waals surface area contributed by atoms with Crippen LogP contribution in [0.3, 0.4) is 0 Å². The van der Waals surface area contributed by atoms with Gasteiger partial charge in [-0.05, 0) is 59.5 Å². The van der Waals surface area contributed by atoms with Gasteiger partial charge in [-0.1, -0.05) is 13.0 Å². The first-order valence-corrected chi connectivity index (χ1v) is 9.69. The molecule has 0 bridgehead atoms. The summed E-state index contributed by atoms with van der Waals surface area (Å²) < 4.78 is 1.47. The van der Waals surface area contributed by atoms with E-state index in [9.17, 15) is 14.9 Å². The molecule has 1 unspecified atom stereocenters. The van der Waals surface area contributed by atoms with Crippen molar-refractivity contribution in [1.82, 2.24) is 20.2 Å². The number of amides is 1. The molecule has 0 spiro atoms. The summed E-state index contributed by atoms with van der Waals surface area (Å²) in [6.07, 6.45) is 3.57. The zero-order chi connectivity index (χ0) is 21.1. The fraction of sp³-hybridized carbons (Fsp3) is 0.300. The molecule has 1 aromatic heterocycles.